The van der Waals surface area contributed by atoms with Gasteiger partial charge in [0.25, 0.3) is 9.05 Å². The van der Waals surface area contributed by atoms with Crippen LogP contribution in [-0.4, -0.2) is 23.2 Å². The fourth-order valence-electron chi connectivity index (χ4n) is 1.19. The summed E-state index contributed by atoms with van der Waals surface area (Å²) in [6.07, 6.45) is 4.68. The molecule has 84 valence electrons. The Kier molecular flexibility index (Phi) is 2.69. The molecule has 0 saturated heterocycles. The molecule has 0 atom stereocenters. The van der Waals surface area contributed by atoms with Gasteiger partial charge >= 0.3 is 0 Å². The largest absolute Gasteiger partial charge is 0.262 e. The topological polar surface area (TPSA) is 64.8 Å². The Hall–Kier alpha value is -1.40. The molecule has 0 spiro atoms. The van der Waals surface area contributed by atoms with Crippen molar-refractivity contribution in [3.05, 3.63) is 36.3 Å². The highest BCUT2D eigenvalue weighted by molar-refractivity contribution is 8.13. The Morgan fingerprint density at radius 2 is 2.06 bits per heavy atom. The monoisotopic (exact) mass is 257 g/mol. The van der Waals surface area contributed by atoms with Crippen molar-refractivity contribution in [2.75, 3.05) is 0 Å². The lowest BCUT2D eigenvalue weighted by Crippen LogP contribution is -1.99. The van der Waals surface area contributed by atoms with E-state index in [0.29, 0.717) is 5.82 Å². The Bertz CT molecular complexity index is 604. The number of hydrogen-bond acceptors (Lipinski definition) is 4. The van der Waals surface area contributed by atoms with E-state index in [1.54, 1.807) is 23.1 Å². The smallest absolute Gasteiger partial charge is 0.236 e. The molecule has 0 unspecified atom stereocenters. The summed E-state index contributed by atoms with van der Waals surface area (Å²) in [4.78, 5) is 3.94. The van der Waals surface area contributed by atoms with E-state index in [4.69, 9.17) is 10.7 Å². The lowest BCUT2D eigenvalue weighted by Gasteiger charge is -2.00. The summed E-state index contributed by atoms with van der Waals surface area (Å²) in [5.41, 5.74) is 0.996. The van der Waals surface area contributed by atoms with Crippen LogP contribution in [0.4, 0.5) is 0 Å². The van der Waals surface area contributed by atoms with Crippen molar-refractivity contribution < 1.29 is 8.42 Å². The molecule has 0 N–H and O–H groups in total. The summed E-state index contributed by atoms with van der Waals surface area (Å²) in [5, 5.41) is 4.05. The van der Waals surface area contributed by atoms with Crippen LogP contribution in [0.1, 0.15) is 5.56 Å². The molecule has 0 radical (unpaired) electrons. The molecule has 0 saturated carbocycles. The van der Waals surface area contributed by atoms with Crippen LogP contribution in [0.25, 0.3) is 5.82 Å². The van der Waals surface area contributed by atoms with E-state index in [0.717, 1.165) is 5.56 Å². The quantitative estimate of drug-likeness (QED) is 0.765. The third-order valence-electron chi connectivity index (χ3n) is 1.95. The maximum Gasteiger partial charge on any atom is 0.262 e. The van der Waals surface area contributed by atoms with Crippen molar-refractivity contribution in [1.29, 1.82) is 0 Å². The van der Waals surface area contributed by atoms with Crippen LogP contribution in [0.2, 0.25) is 0 Å². The minimum atomic E-state index is -3.72. The third-order valence-corrected chi connectivity index (χ3v) is 3.29. The highest BCUT2D eigenvalue weighted by Gasteiger charge is 2.10. The molecule has 5 nitrogen and oxygen atoms in total. The maximum absolute atomic E-state index is 11.0. The second-order valence-corrected chi connectivity index (χ2v) is 5.82. The fourth-order valence-corrected chi connectivity index (χ4v) is 1.87. The first kappa shape index (κ1) is 11.1. The minimum absolute atomic E-state index is 0.0261. The molecule has 2 aromatic heterocycles. The zero-order valence-electron chi connectivity index (χ0n) is 8.33. The second-order valence-electron chi connectivity index (χ2n) is 3.25. The van der Waals surface area contributed by atoms with Crippen LogP contribution in [0.5, 0.6) is 0 Å². The number of aryl methyl sites for hydroxylation is 1. The summed E-state index contributed by atoms with van der Waals surface area (Å²) < 4.78 is 23.5. The van der Waals surface area contributed by atoms with Gasteiger partial charge in [0.2, 0.25) is 0 Å². The van der Waals surface area contributed by atoms with Gasteiger partial charge in [0.05, 0.1) is 6.20 Å². The van der Waals surface area contributed by atoms with Crippen molar-refractivity contribution in [3.63, 3.8) is 0 Å². The fraction of sp³-hybridized carbons (Fsp3) is 0.111. The van der Waals surface area contributed by atoms with E-state index in [1.165, 1.54) is 12.3 Å². The van der Waals surface area contributed by atoms with Gasteiger partial charge < -0.3 is 0 Å². The van der Waals surface area contributed by atoms with E-state index in [2.05, 4.69) is 10.1 Å². The van der Waals surface area contributed by atoms with Crippen LogP contribution in [0, 0.1) is 6.92 Å². The molecular formula is C9H8ClN3O2S. The number of pyridine rings is 1. The molecule has 0 aromatic carbocycles. The summed E-state index contributed by atoms with van der Waals surface area (Å²) in [6.45, 7) is 1.90. The average molecular weight is 258 g/mol. The summed E-state index contributed by atoms with van der Waals surface area (Å²) in [6, 6.07) is 2.93. The highest BCUT2D eigenvalue weighted by atomic mass is 35.7. The number of aromatic nitrogens is 3. The average Bonchev–Trinajstić information content (AvgIpc) is 2.64. The second kappa shape index (κ2) is 3.88. The molecule has 0 aliphatic carbocycles. The zero-order chi connectivity index (χ0) is 11.8. The molecule has 2 heterocycles. The molecule has 16 heavy (non-hydrogen) atoms. The van der Waals surface area contributed by atoms with Gasteiger partial charge in [0, 0.05) is 23.1 Å². The zero-order valence-corrected chi connectivity index (χ0v) is 9.90. The van der Waals surface area contributed by atoms with E-state index in [-0.39, 0.29) is 4.90 Å². The lowest BCUT2D eigenvalue weighted by atomic mass is 10.4. The number of nitrogens with zero attached hydrogens (tertiary/aromatic N) is 3. The number of rotatable bonds is 2. The lowest BCUT2D eigenvalue weighted by molar-refractivity contribution is 0.609. The van der Waals surface area contributed by atoms with Crippen molar-refractivity contribution in [2.24, 2.45) is 0 Å². The summed E-state index contributed by atoms with van der Waals surface area (Å²) in [7, 11) is 1.45. The van der Waals surface area contributed by atoms with Crippen LogP contribution >= 0.6 is 10.7 Å². The number of hydrogen-bond donors (Lipinski definition) is 0. The molecular weight excluding hydrogens is 250 g/mol. The van der Waals surface area contributed by atoms with E-state index in [9.17, 15) is 8.42 Å². The molecule has 7 heteroatoms. The molecule has 2 aromatic rings. The predicted molar refractivity (Wildman–Crippen MR) is 59.1 cm³/mol. The van der Waals surface area contributed by atoms with Gasteiger partial charge in [0.15, 0.2) is 5.82 Å². The van der Waals surface area contributed by atoms with Crippen LogP contribution in [-0.2, 0) is 9.05 Å². The Labute approximate surface area is 97.1 Å². The summed E-state index contributed by atoms with van der Waals surface area (Å²) >= 11 is 0. The van der Waals surface area contributed by atoms with Gasteiger partial charge in [-0.15, -0.1) is 0 Å². The first-order chi connectivity index (χ1) is 7.47. The van der Waals surface area contributed by atoms with Gasteiger partial charge in [-0.2, -0.15) is 5.10 Å². The highest BCUT2D eigenvalue weighted by Crippen LogP contribution is 2.14. The van der Waals surface area contributed by atoms with Crippen molar-refractivity contribution in [3.8, 4) is 5.82 Å². The Morgan fingerprint density at radius 1 is 1.31 bits per heavy atom. The van der Waals surface area contributed by atoms with Gasteiger partial charge in [-0.1, -0.05) is 0 Å². The molecule has 0 fully saturated rings. The SMILES string of the molecule is Cc1cnn(-c2ccc(S(=O)(=O)Cl)cn2)c1. The van der Waals surface area contributed by atoms with Gasteiger partial charge in [-0.05, 0) is 24.6 Å². The van der Waals surface area contributed by atoms with Gasteiger partial charge in [-0.3, -0.25) is 0 Å². The molecule has 0 amide bonds. The van der Waals surface area contributed by atoms with Crippen molar-refractivity contribution in [1.82, 2.24) is 14.8 Å². The van der Waals surface area contributed by atoms with Crippen LogP contribution < -0.4 is 0 Å². The van der Waals surface area contributed by atoms with E-state index < -0.39 is 9.05 Å². The minimum Gasteiger partial charge on any atom is -0.236 e. The molecule has 0 aliphatic heterocycles. The first-order valence-electron chi connectivity index (χ1n) is 4.39. The first-order valence-corrected chi connectivity index (χ1v) is 6.70. The third kappa shape index (κ3) is 2.23. The Morgan fingerprint density at radius 3 is 2.50 bits per heavy atom. The maximum atomic E-state index is 11.0. The molecule has 2 rings (SSSR count). The normalized spacial score (nSPS) is 11.6. The van der Waals surface area contributed by atoms with Crippen LogP contribution in [0.15, 0.2) is 35.6 Å². The van der Waals surface area contributed by atoms with Crippen molar-refractivity contribution in [2.45, 2.75) is 11.8 Å². The molecule has 0 bridgehead atoms. The van der Waals surface area contributed by atoms with Crippen molar-refractivity contribution >= 4 is 19.7 Å². The van der Waals surface area contributed by atoms with E-state index >= 15 is 0 Å². The standard InChI is InChI=1S/C9H8ClN3O2S/c1-7-4-12-13(6-7)9-3-2-8(5-11-9)16(10,14)15/h2-6H,1H3. The van der Waals surface area contributed by atoms with E-state index in [1.807, 2.05) is 6.92 Å². The van der Waals surface area contributed by atoms with Gasteiger partial charge in [0.1, 0.15) is 4.90 Å². The number of halogens is 1. The van der Waals surface area contributed by atoms with Gasteiger partial charge in [-0.25, -0.2) is 18.1 Å². The van der Waals surface area contributed by atoms with Crippen LogP contribution in [0.3, 0.4) is 0 Å². The Balaban J connectivity index is 2.40. The molecule has 0 aliphatic rings. The predicted octanol–water partition coefficient (Wildman–Crippen LogP) is 1.50. The summed E-state index contributed by atoms with van der Waals surface area (Å²) in [5.74, 6) is 0.539.